The van der Waals surface area contributed by atoms with E-state index in [0.717, 1.165) is 17.0 Å². The zero-order chi connectivity index (χ0) is 8.39. The van der Waals surface area contributed by atoms with Crippen LogP contribution in [0.4, 0.5) is 0 Å². The van der Waals surface area contributed by atoms with E-state index in [0.29, 0.717) is 0 Å². The van der Waals surface area contributed by atoms with Crippen LogP contribution in [0.1, 0.15) is 5.69 Å². The second-order valence-corrected chi connectivity index (χ2v) is 2.61. The summed E-state index contributed by atoms with van der Waals surface area (Å²) in [7, 11) is 0. The van der Waals surface area contributed by atoms with Crippen molar-refractivity contribution < 1.29 is 4.52 Å². The van der Waals surface area contributed by atoms with Crippen LogP contribution in [0.25, 0.3) is 11.3 Å². The number of benzene rings is 1. The normalized spacial score (nSPS) is 10.1. The highest BCUT2D eigenvalue weighted by atomic mass is 16.5. The molecule has 0 aliphatic carbocycles. The average Bonchev–Trinajstić information content (AvgIpc) is 2.54. The molecule has 0 N–H and O–H groups in total. The van der Waals surface area contributed by atoms with Crippen molar-refractivity contribution >= 4 is 0 Å². The molecule has 0 bridgehead atoms. The number of aryl methyl sites for hydroxylation is 1. The summed E-state index contributed by atoms with van der Waals surface area (Å²) in [5, 5.41) is 3.80. The molecule has 0 atom stereocenters. The third kappa shape index (κ3) is 1.23. The Bertz CT molecular complexity index is 364. The van der Waals surface area contributed by atoms with Crippen molar-refractivity contribution in [2.24, 2.45) is 0 Å². The quantitative estimate of drug-likeness (QED) is 0.637. The maximum absolute atomic E-state index is 5.07. The molecule has 2 heteroatoms. The van der Waals surface area contributed by atoms with Gasteiger partial charge < -0.3 is 4.52 Å². The van der Waals surface area contributed by atoms with Crippen molar-refractivity contribution in [3.05, 3.63) is 42.1 Å². The summed E-state index contributed by atoms with van der Waals surface area (Å²) >= 11 is 0. The molecule has 2 rings (SSSR count). The number of nitrogens with zero attached hydrogens (tertiary/aromatic N) is 1. The summed E-state index contributed by atoms with van der Waals surface area (Å²) in [6.45, 7) is 1.90. The van der Waals surface area contributed by atoms with Crippen molar-refractivity contribution in [3.63, 3.8) is 0 Å². The summed E-state index contributed by atoms with van der Waals surface area (Å²) < 4.78 is 5.07. The standard InChI is InChI=1S/C10H8NO/c1-8-7-10(12-11-8)9-5-3-2-4-6-9/h2-5,7H,1H3. The predicted octanol–water partition coefficient (Wildman–Crippen LogP) is 2.45. The van der Waals surface area contributed by atoms with Crippen LogP contribution in [0.15, 0.2) is 34.9 Å². The summed E-state index contributed by atoms with van der Waals surface area (Å²) in [5.41, 5.74) is 1.83. The molecule has 59 valence electrons. The smallest absolute Gasteiger partial charge is 0.167 e. The molecule has 0 fully saturated rings. The van der Waals surface area contributed by atoms with Gasteiger partial charge >= 0.3 is 0 Å². The Labute approximate surface area is 70.8 Å². The molecular formula is C10H8NO. The van der Waals surface area contributed by atoms with Gasteiger partial charge in [0.15, 0.2) is 5.76 Å². The number of hydrogen-bond acceptors (Lipinski definition) is 2. The van der Waals surface area contributed by atoms with Gasteiger partial charge in [-0.2, -0.15) is 0 Å². The van der Waals surface area contributed by atoms with Crippen LogP contribution in [0.5, 0.6) is 0 Å². The van der Waals surface area contributed by atoms with Crippen LogP contribution >= 0.6 is 0 Å². The molecule has 1 aromatic carbocycles. The van der Waals surface area contributed by atoms with Gasteiger partial charge in [-0.25, -0.2) is 0 Å². The first-order valence-electron chi connectivity index (χ1n) is 3.77. The molecule has 1 heterocycles. The average molecular weight is 158 g/mol. The van der Waals surface area contributed by atoms with E-state index in [9.17, 15) is 0 Å². The molecule has 0 unspecified atom stereocenters. The van der Waals surface area contributed by atoms with Crippen LogP contribution in [-0.4, -0.2) is 5.16 Å². The summed E-state index contributed by atoms with van der Waals surface area (Å²) in [6, 6.07) is 12.6. The third-order valence-corrected chi connectivity index (χ3v) is 1.60. The largest absolute Gasteiger partial charge is 0.356 e. The van der Waals surface area contributed by atoms with Gasteiger partial charge in [0, 0.05) is 11.6 Å². The topological polar surface area (TPSA) is 26.0 Å². The lowest BCUT2D eigenvalue weighted by Crippen LogP contribution is -1.70. The fourth-order valence-corrected chi connectivity index (χ4v) is 1.04. The maximum Gasteiger partial charge on any atom is 0.167 e. The van der Waals surface area contributed by atoms with Crippen molar-refractivity contribution in [2.75, 3.05) is 0 Å². The Morgan fingerprint density at radius 1 is 1.42 bits per heavy atom. The number of hydrogen-bond donors (Lipinski definition) is 0. The highest BCUT2D eigenvalue weighted by Crippen LogP contribution is 2.18. The number of aromatic nitrogens is 1. The highest BCUT2D eigenvalue weighted by molar-refractivity contribution is 5.55. The van der Waals surface area contributed by atoms with Gasteiger partial charge in [-0.1, -0.05) is 29.4 Å². The minimum absolute atomic E-state index is 0.771. The van der Waals surface area contributed by atoms with Crippen LogP contribution in [0.2, 0.25) is 0 Å². The lowest BCUT2D eigenvalue weighted by atomic mass is 10.2. The first-order chi connectivity index (χ1) is 5.86. The second kappa shape index (κ2) is 2.81. The van der Waals surface area contributed by atoms with E-state index < -0.39 is 0 Å². The van der Waals surface area contributed by atoms with E-state index in [2.05, 4.69) is 11.2 Å². The first kappa shape index (κ1) is 7.10. The second-order valence-electron chi connectivity index (χ2n) is 2.61. The van der Waals surface area contributed by atoms with E-state index >= 15 is 0 Å². The summed E-state index contributed by atoms with van der Waals surface area (Å²) in [4.78, 5) is 0. The van der Waals surface area contributed by atoms with Crippen LogP contribution in [-0.2, 0) is 0 Å². The van der Waals surface area contributed by atoms with Gasteiger partial charge in [-0.05, 0) is 13.0 Å². The Balaban J connectivity index is 2.45. The molecule has 1 aromatic heterocycles. The van der Waals surface area contributed by atoms with E-state index in [1.807, 2.05) is 37.3 Å². The minimum atomic E-state index is 0.771. The molecule has 1 radical (unpaired) electrons. The van der Waals surface area contributed by atoms with Crippen LogP contribution in [0, 0.1) is 13.0 Å². The first-order valence-corrected chi connectivity index (χ1v) is 3.77. The molecule has 0 aliphatic rings. The zero-order valence-corrected chi connectivity index (χ0v) is 6.74. The molecule has 12 heavy (non-hydrogen) atoms. The van der Waals surface area contributed by atoms with E-state index in [1.165, 1.54) is 0 Å². The Hall–Kier alpha value is -1.57. The SMILES string of the molecule is Cc1cc(-c2[c]cccc2)on1. The van der Waals surface area contributed by atoms with Crippen LogP contribution in [0.3, 0.4) is 0 Å². The predicted molar refractivity (Wildman–Crippen MR) is 45.5 cm³/mol. The van der Waals surface area contributed by atoms with E-state index in [4.69, 9.17) is 4.52 Å². The van der Waals surface area contributed by atoms with Gasteiger partial charge in [-0.15, -0.1) is 0 Å². The zero-order valence-electron chi connectivity index (χ0n) is 6.74. The van der Waals surface area contributed by atoms with E-state index in [-0.39, 0.29) is 0 Å². The fourth-order valence-electron chi connectivity index (χ4n) is 1.04. The summed E-state index contributed by atoms with van der Waals surface area (Å²) in [5.74, 6) is 0.771. The van der Waals surface area contributed by atoms with Gasteiger partial charge in [0.25, 0.3) is 0 Å². The van der Waals surface area contributed by atoms with Gasteiger partial charge in [0.2, 0.25) is 0 Å². The molecule has 2 nitrogen and oxygen atoms in total. The molecule has 0 saturated heterocycles. The minimum Gasteiger partial charge on any atom is -0.356 e. The molecule has 0 aliphatic heterocycles. The van der Waals surface area contributed by atoms with Crippen molar-refractivity contribution in [1.29, 1.82) is 0 Å². The summed E-state index contributed by atoms with van der Waals surface area (Å²) in [6.07, 6.45) is 0. The Morgan fingerprint density at radius 2 is 2.33 bits per heavy atom. The number of rotatable bonds is 1. The Kier molecular flexibility index (Phi) is 1.67. The van der Waals surface area contributed by atoms with Crippen molar-refractivity contribution in [3.8, 4) is 11.3 Å². The van der Waals surface area contributed by atoms with Gasteiger partial charge in [0.05, 0.1) is 5.69 Å². The monoisotopic (exact) mass is 158 g/mol. The highest BCUT2D eigenvalue weighted by Gasteiger charge is 2.01. The van der Waals surface area contributed by atoms with Crippen LogP contribution < -0.4 is 0 Å². The van der Waals surface area contributed by atoms with E-state index in [1.54, 1.807) is 0 Å². The van der Waals surface area contributed by atoms with Crippen molar-refractivity contribution in [2.45, 2.75) is 6.92 Å². The lowest BCUT2D eigenvalue weighted by Gasteiger charge is -1.90. The molecule has 0 spiro atoms. The van der Waals surface area contributed by atoms with Gasteiger partial charge in [0.1, 0.15) is 0 Å². The lowest BCUT2D eigenvalue weighted by molar-refractivity contribution is 0.427. The molecular weight excluding hydrogens is 150 g/mol. The third-order valence-electron chi connectivity index (χ3n) is 1.60. The molecule has 0 saturated carbocycles. The maximum atomic E-state index is 5.07. The molecule has 0 amide bonds. The molecule has 2 aromatic rings. The van der Waals surface area contributed by atoms with Gasteiger partial charge in [-0.3, -0.25) is 0 Å². The van der Waals surface area contributed by atoms with Crippen molar-refractivity contribution in [1.82, 2.24) is 5.16 Å². The fraction of sp³-hybridized carbons (Fsp3) is 0.100. The Morgan fingerprint density at radius 3 is 2.92 bits per heavy atom.